The quantitative estimate of drug-likeness (QED) is 0.535. The molecule has 0 saturated heterocycles. The number of carbonyl (C=O) groups excluding carboxylic acids is 1. The van der Waals surface area contributed by atoms with Gasteiger partial charge in [0.1, 0.15) is 0 Å². The summed E-state index contributed by atoms with van der Waals surface area (Å²) < 4.78 is 26.8. The van der Waals surface area contributed by atoms with Crippen LogP contribution in [0.2, 0.25) is 0 Å². The van der Waals surface area contributed by atoms with E-state index in [9.17, 15) is 13.2 Å². The summed E-state index contributed by atoms with van der Waals surface area (Å²) in [4.78, 5) is 11.1. The standard InChI is InChI=1S/C9H17NO4S/c1-5-8(11)10-9(3,6-2)7-15(12,13)14-4/h5H,1,6-7H2,2-4H3,(H,10,11). The van der Waals surface area contributed by atoms with Crippen LogP contribution in [-0.2, 0) is 19.1 Å². The van der Waals surface area contributed by atoms with Crippen LogP contribution in [0.15, 0.2) is 12.7 Å². The molecule has 0 fully saturated rings. The molecule has 0 aromatic heterocycles. The van der Waals surface area contributed by atoms with Gasteiger partial charge in [0.25, 0.3) is 10.1 Å². The molecule has 0 aromatic carbocycles. The van der Waals surface area contributed by atoms with Crippen molar-refractivity contribution in [3.63, 3.8) is 0 Å². The molecular weight excluding hydrogens is 218 g/mol. The summed E-state index contributed by atoms with van der Waals surface area (Å²) in [5, 5.41) is 2.57. The molecule has 0 bridgehead atoms. The lowest BCUT2D eigenvalue weighted by atomic mass is 10.0. The van der Waals surface area contributed by atoms with Gasteiger partial charge in [0, 0.05) is 0 Å². The van der Waals surface area contributed by atoms with E-state index < -0.39 is 21.6 Å². The van der Waals surface area contributed by atoms with Crippen molar-refractivity contribution in [2.24, 2.45) is 0 Å². The van der Waals surface area contributed by atoms with E-state index in [-0.39, 0.29) is 5.75 Å². The molecule has 0 radical (unpaired) electrons. The van der Waals surface area contributed by atoms with Crippen LogP contribution in [0.5, 0.6) is 0 Å². The fourth-order valence-corrected chi connectivity index (χ4v) is 2.20. The highest BCUT2D eigenvalue weighted by Crippen LogP contribution is 2.13. The Hall–Kier alpha value is -0.880. The molecule has 0 rings (SSSR count). The minimum atomic E-state index is -3.59. The SMILES string of the molecule is C=CC(=O)NC(C)(CC)CS(=O)(=O)OC. The van der Waals surface area contributed by atoms with Crippen LogP contribution in [0.3, 0.4) is 0 Å². The van der Waals surface area contributed by atoms with Gasteiger partial charge in [-0.1, -0.05) is 13.5 Å². The zero-order valence-electron chi connectivity index (χ0n) is 9.24. The van der Waals surface area contributed by atoms with Gasteiger partial charge in [0.05, 0.1) is 18.4 Å². The summed E-state index contributed by atoms with van der Waals surface area (Å²) in [6, 6.07) is 0. The van der Waals surface area contributed by atoms with Gasteiger partial charge in [-0.3, -0.25) is 8.98 Å². The number of nitrogens with one attached hydrogen (secondary N) is 1. The molecule has 0 spiro atoms. The van der Waals surface area contributed by atoms with E-state index in [1.54, 1.807) is 13.8 Å². The highest BCUT2D eigenvalue weighted by Gasteiger charge is 2.30. The van der Waals surface area contributed by atoms with Gasteiger partial charge in [-0.25, -0.2) is 0 Å². The van der Waals surface area contributed by atoms with Crippen molar-refractivity contribution in [2.45, 2.75) is 25.8 Å². The summed E-state index contributed by atoms with van der Waals surface area (Å²) in [5.74, 6) is -0.655. The molecule has 1 unspecified atom stereocenters. The first-order chi connectivity index (χ1) is 6.78. The van der Waals surface area contributed by atoms with Gasteiger partial charge >= 0.3 is 0 Å². The van der Waals surface area contributed by atoms with Gasteiger partial charge in [-0.2, -0.15) is 8.42 Å². The van der Waals surface area contributed by atoms with Gasteiger partial charge in [-0.15, -0.1) is 0 Å². The van der Waals surface area contributed by atoms with E-state index in [2.05, 4.69) is 16.1 Å². The summed E-state index contributed by atoms with van der Waals surface area (Å²) in [7, 11) is -2.49. The van der Waals surface area contributed by atoms with Crippen molar-refractivity contribution < 1.29 is 17.4 Å². The van der Waals surface area contributed by atoms with E-state index in [1.807, 2.05) is 0 Å². The van der Waals surface area contributed by atoms with Gasteiger partial charge < -0.3 is 5.32 Å². The molecule has 0 aliphatic carbocycles. The van der Waals surface area contributed by atoms with Crippen molar-refractivity contribution >= 4 is 16.0 Å². The minimum absolute atomic E-state index is 0.257. The first-order valence-electron chi connectivity index (χ1n) is 4.51. The summed E-state index contributed by atoms with van der Waals surface area (Å²) >= 11 is 0. The maximum atomic E-state index is 11.2. The second kappa shape index (κ2) is 5.27. The molecule has 1 N–H and O–H groups in total. The van der Waals surface area contributed by atoms with Gasteiger partial charge in [-0.05, 0) is 19.4 Å². The normalized spacial score (nSPS) is 15.4. The Bertz CT molecular complexity index is 336. The summed E-state index contributed by atoms with van der Waals surface area (Å²) in [6.45, 7) is 6.73. The molecule has 15 heavy (non-hydrogen) atoms. The van der Waals surface area contributed by atoms with Crippen LogP contribution in [-0.4, -0.2) is 32.7 Å². The van der Waals surface area contributed by atoms with Gasteiger partial charge in [0.2, 0.25) is 5.91 Å². The fraction of sp³-hybridized carbons (Fsp3) is 0.667. The minimum Gasteiger partial charge on any atom is -0.346 e. The lowest BCUT2D eigenvalue weighted by Crippen LogP contribution is -2.50. The maximum absolute atomic E-state index is 11.2. The number of hydrogen-bond acceptors (Lipinski definition) is 4. The number of hydrogen-bond donors (Lipinski definition) is 1. The van der Waals surface area contributed by atoms with E-state index in [0.29, 0.717) is 6.42 Å². The molecule has 0 aliphatic rings. The predicted molar refractivity (Wildman–Crippen MR) is 57.8 cm³/mol. The number of carbonyl (C=O) groups is 1. The molecule has 1 atom stereocenters. The van der Waals surface area contributed by atoms with Crippen molar-refractivity contribution in [3.8, 4) is 0 Å². The maximum Gasteiger partial charge on any atom is 0.269 e. The van der Waals surface area contributed by atoms with Crippen LogP contribution >= 0.6 is 0 Å². The predicted octanol–water partition coefficient (Wildman–Crippen LogP) is 0.433. The zero-order chi connectivity index (χ0) is 12.1. The Balaban J connectivity index is 4.72. The van der Waals surface area contributed by atoms with E-state index >= 15 is 0 Å². The first kappa shape index (κ1) is 14.1. The zero-order valence-corrected chi connectivity index (χ0v) is 10.1. The third kappa shape index (κ3) is 4.94. The van der Waals surface area contributed by atoms with Gasteiger partial charge in [0.15, 0.2) is 0 Å². The topological polar surface area (TPSA) is 72.5 Å². The molecule has 0 heterocycles. The third-order valence-electron chi connectivity index (χ3n) is 2.14. The second-order valence-electron chi connectivity index (χ2n) is 3.48. The summed E-state index contributed by atoms with van der Waals surface area (Å²) in [5.41, 5.74) is -0.833. The second-order valence-corrected chi connectivity index (χ2v) is 5.21. The van der Waals surface area contributed by atoms with E-state index in [1.165, 1.54) is 0 Å². The highest BCUT2D eigenvalue weighted by atomic mass is 32.2. The summed E-state index contributed by atoms with van der Waals surface area (Å²) in [6.07, 6.45) is 1.59. The molecule has 0 aliphatic heterocycles. The molecular formula is C9H17NO4S. The Labute approximate surface area is 90.6 Å². The average Bonchev–Trinajstić information content (AvgIpc) is 2.17. The third-order valence-corrected chi connectivity index (χ3v) is 3.64. The average molecular weight is 235 g/mol. The van der Waals surface area contributed by atoms with E-state index in [0.717, 1.165) is 13.2 Å². The number of rotatable bonds is 6. The largest absolute Gasteiger partial charge is 0.346 e. The molecule has 5 nitrogen and oxygen atoms in total. The van der Waals surface area contributed by atoms with Crippen LogP contribution in [0.1, 0.15) is 20.3 Å². The van der Waals surface area contributed by atoms with Crippen molar-refractivity contribution in [1.29, 1.82) is 0 Å². The van der Waals surface area contributed by atoms with E-state index in [4.69, 9.17) is 0 Å². The smallest absolute Gasteiger partial charge is 0.269 e. The Morgan fingerprint density at radius 3 is 2.47 bits per heavy atom. The molecule has 88 valence electrons. The molecule has 0 saturated carbocycles. The molecule has 6 heteroatoms. The number of amides is 1. The van der Waals surface area contributed by atoms with Crippen molar-refractivity contribution in [3.05, 3.63) is 12.7 Å². The Morgan fingerprint density at radius 1 is 1.60 bits per heavy atom. The van der Waals surface area contributed by atoms with Crippen LogP contribution in [0, 0.1) is 0 Å². The van der Waals surface area contributed by atoms with Crippen LogP contribution < -0.4 is 5.32 Å². The Kier molecular flexibility index (Phi) is 4.96. The first-order valence-corrected chi connectivity index (χ1v) is 6.09. The lowest BCUT2D eigenvalue weighted by Gasteiger charge is -2.28. The highest BCUT2D eigenvalue weighted by molar-refractivity contribution is 7.86. The molecule has 0 aromatic rings. The van der Waals surface area contributed by atoms with Crippen molar-refractivity contribution in [1.82, 2.24) is 5.32 Å². The molecule has 1 amide bonds. The fourth-order valence-electron chi connectivity index (χ4n) is 1.02. The van der Waals surface area contributed by atoms with Crippen LogP contribution in [0.4, 0.5) is 0 Å². The lowest BCUT2D eigenvalue weighted by molar-refractivity contribution is -0.118. The Morgan fingerprint density at radius 2 is 2.13 bits per heavy atom. The monoisotopic (exact) mass is 235 g/mol. The van der Waals surface area contributed by atoms with Crippen LogP contribution in [0.25, 0.3) is 0 Å². The van der Waals surface area contributed by atoms with Crippen molar-refractivity contribution in [2.75, 3.05) is 12.9 Å².